The maximum atomic E-state index is 14.0. The molecule has 0 atom stereocenters. The van der Waals surface area contributed by atoms with Crippen LogP contribution in [-0.4, -0.2) is 12.8 Å². The highest BCUT2D eigenvalue weighted by Crippen LogP contribution is 2.29. The van der Waals surface area contributed by atoms with Gasteiger partial charge in [0.1, 0.15) is 17.9 Å². The first-order valence-electron chi connectivity index (χ1n) is 5.94. The summed E-state index contributed by atoms with van der Waals surface area (Å²) >= 11 is 0. The molecule has 0 amide bonds. The number of hydrogen-bond donors (Lipinski definition) is 0. The quantitative estimate of drug-likeness (QED) is 0.777. The lowest BCUT2D eigenvalue weighted by atomic mass is 10.1. The summed E-state index contributed by atoms with van der Waals surface area (Å²) in [5.74, 6) is -0.960. The summed E-state index contributed by atoms with van der Waals surface area (Å²) in [5, 5.41) is 0. The van der Waals surface area contributed by atoms with Gasteiger partial charge in [-0.25, -0.2) is 8.78 Å². The van der Waals surface area contributed by atoms with E-state index in [4.69, 9.17) is 0 Å². The lowest BCUT2D eigenvalue weighted by Crippen LogP contribution is -2.18. The summed E-state index contributed by atoms with van der Waals surface area (Å²) in [6, 6.07) is 10.3. The van der Waals surface area contributed by atoms with E-state index in [0.717, 1.165) is 6.07 Å². The normalized spacial score (nSPS) is 10.3. The molecule has 0 aliphatic rings. The van der Waals surface area contributed by atoms with Crippen LogP contribution in [0.3, 0.4) is 0 Å². The van der Waals surface area contributed by atoms with E-state index in [9.17, 15) is 13.6 Å². The van der Waals surface area contributed by atoms with E-state index in [1.54, 1.807) is 25.1 Å². The van der Waals surface area contributed by atoms with Gasteiger partial charge in [0, 0.05) is 12.1 Å². The molecule has 2 rings (SSSR count). The van der Waals surface area contributed by atoms with Crippen LogP contribution in [0.1, 0.15) is 17.3 Å². The molecular formula is C15H13F2NO. The maximum Gasteiger partial charge on any atom is 0.150 e. The number of hydrogen-bond acceptors (Lipinski definition) is 2. The molecule has 0 radical (unpaired) electrons. The Morgan fingerprint density at radius 1 is 1.05 bits per heavy atom. The van der Waals surface area contributed by atoms with Crippen LogP contribution in [0.25, 0.3) is 0 Å². The van der Waals surface area contributed by atoms with Gasteiger partial charge in [-0.3, -0.25) is 4.79 Å². The molecule has 0 heterocycles. The fraction of sp³-hybridized carbons (Fsp3) is 0.133. The second kappa shape index (κ2) is 5.61. The highest BCUT2D eigenvalue weighted by atomic mass is 19.1. The van der Waals surface area contributed by atoms with Gasteiger partial charge in [0.15, 0.2) is 0 Å². The lowest BCUT2D eigenvalue weighted by molar-refractivity contribution is 0.112. The van der Waals surface area contributed by atoms with Crippen LogP contribution in [0.2, 0.25) is 0 Å². The Morgan fingerprint density at radius 2 is 1.74 bits per heavy atom. The van der Waals surface area contributed by atoms with E-state index in [0.29, 0.717) is 18.5 Å². The van der Waals surface area contributed by atoms with Crippen molar-refractivity contribution >= 4 is 17.7 Å². The van der Waals surface area contributed by atoms with Gasteiger partial charge >= 0.3 is 0 Å². The van der Waals surface area contributed by atoms with Crippen LogP contribution in [-0.2, 0) is 0 Å². The first-order chi connectivity index (χ1) is 9.17. The molecule has 0 N–H and O–H groups in total. The van der Waals surface area contributed by atoms with Crippen molar-refractivity contribution in [2.24, 2.45) is 0 Å². The molecule has 98 valence electrons. The van der Waals surface area contributed by atoms with Gasteiger partial charge in [-0.05, 0) is 37.3 Å². The summed E-state index contributed by atoms with van der Waals surface area (Å²) < 4.78 is 27.7. The minimum Gasteiger partial charge on any atom is -0.337 e. The van der Waals surface area contributed by atoms with Gasteiger partial charge in [-0.1, -0.05) is 12.1 Å². The number of carbonyl (C=O) groups is 1. The highest BCUT2D eigenvalue weighted by molar-refractivity contribution is 5.77. The van der Waals surface area contributed by atoms with Crippen molar-refractivity contribution in [1.82, 2.24) is 0 Å². The smallest absolute Gasteiger partial charge is 0.150 e. The third kappa shape index (κ3) is 2.62. The maximum absolute atomic E-state index is 14.0. The lowest BCUT2D eigenvalue weighted by Gasteiger charge is -2.24. The number of halogens is 2. The monoisotopic (exact) mass is 261 g/mol. The van der Waals surface area contributed by atoms with E-state index < -0.39 is 11.6 Å². The fourth-order valence-electron chi connectivity index (χ4n) is 1.96. The van der Waals surface area contributed by atoms with Crippen LogP contribution in [0, 0.1) is 11.6 Å². The molecule has 0 fully saturated rings. The minimum atomic E-state index is -0.547. The van der Waals surface area contributed by atoms with Gasteiger partial charge in [0.2, 0.25) is 0 Å². The molecule has 0 aromatic heterocycles. The molecule has 2 aromatic carbocycles. The van der Waals surface area contributed by atoms with Crippen LogP contribution >= 0.6 is 0 Å². The molecule has 0 spiro atoms. The molecule has 0 saturated carbocycles. The predicted molar refractivity (Wildman–Crippen MR) is 70.9 cm³/mol. The summed E-state index contributed by atoms with van der Waals surface area (Å²) in [5.41, 5.74) is 0.812. The van der Waals surface area contributed by atoms with Crippen molar-refractivity contribution in [2.45, 2.75) is 6.92 Å². The van der Waals surface area contributed by atoms with Crippen LogP contribution < -0.4 is 4.90 Å². The Morgan fingerprint density at radius 3 is 2.32 bits per heavy atom. The van der Waals surface area contributed by atoms with Crippen LogP contribution in [0.4, 0.5) is 20.2 Å². The van der Waals surface area contributed by atoms with Gasteiger partial charge in [-0.2, -0.15) is 0 Å². The van der Waals surface area contributed by atoms with E-state index in [1.807, 2.05) is 0 Å². The first-order valence-corrected chi connectivity index (χ1v) is 5.94. The number of rotatable bonds is 4. The Kier molecular flexibility index (Phi) is 3.90. The Labute approximate surface area is 110 Å². The minimum absolute atomic E-state index is 0.248. The Balaban J connectivity index is 2.48. The van der Waals surface area contributed by atoms with Crippen LogP contribution in [0.5, 0.6) is 0 Å². The molecule has 2 aromatic rings. The first kappa shape index (κ1) is 13.2. The molecular weight excluding hydrogens is 248 g/mol. The second-order valence-corrected chi connectivity index (χ2v) is 4.02. The summed E-state index contributed by atoms with van der Waals surface area (Å²) in [7, 11) is 0. The molecule has 4 heteroatoms. The van der Waals surface area contributed by atoms with Gasteiger partial charge in [0.25, 0.3) is 0 Å². The molecule has 0 saturated heterocycles. The summed E-state index contributed by atoms with van der Waals surface area (Å²) in [6.07, 6.45) is 0.576. The summed E-state index contributed by atoms with van der Waals surface area (Å²) in [4.78, 5) is 12.1. The Hall–Kier alpha value is -2.23. The average Bonchev–Trinajstić information content (AvgIpc) is 2.43. The predicted octanol–water partition coefficient (Wildman–Crippen LogP) is 3.94. The molecule has 2 nitrogen and oxygen atoms in total. The number of para-hydroxylation sites is 1. The number of anilines is 2. The zero-order chi connectivity index (χ0) is 13.8. The number of carbonyl (C=O) groups excluding carboxylic acids is 1. The van der Waals surface area contributed by atoms with Crippen molar-refractivity contribution < 1.29 is 13.6 Å². The molecule has 0 aliphatic carbocycles. The van der Waals surface area contributed by atoms with E-state index >= 15 is 0 Å². The van der Waals surface area contributed by atoms with Gasteiger partial charge < -0.3 is 4.90 Å². The third-order valence-electron chi connectivity index (χ3n) is 2.86. The zero-order valence-corrected chi connectivity index (χ0v) is 10.4. The van der Waals surface area contributed by atoms with Crippen molar-refractivity contribution in [3.8, 4) is 0 Å². The Bertz CT molecular complexity index is 598. The number of nitrogens with zero attached hydrogens (tertiary/aromatic N) is 1. The van der Waals surface area contributed by atoms with Crippen molar-refractivity contribution in [3.05, 3.63) is 59.7 Å². The number of benzene rings is 2. The molecule has 0 aliphatic heterocycles. The SMILES string of the molecule is CCN(c1ccccc1F)c1ccc(C=O)cc1F. The highest BCUT2D eigenvalue weighted by Gasteiger charge is 2.15. The molecule has 19 heavy (non-hydrogen) atoms. The van der Waals surface area contributed by atoms with Crippen molar-refractivity contribution in [1.29, 1.82) is 0 Å². The van der Waals surface area contributed by atoms with E-state index in [2.05, 4.69) is 0 Å². The van der Waals surface area contributed by atoms with Crippen molar-refractivity contribution in [2.75, 3.05) is 11.4 Å². The van der Waals surface area contributed by atoms with E-state index in [1.165, 1.54) is 23.1 Å². The van der Waals surface area contributed by atoms with Gasteiger partial charge in [-0.15, -0.1) is 0 Å². The van der Waals surface area contributed by atoms with Crippen molar-refractivity contribution in [3.63, 3.8) is 0 Å². The zero-order valence-electron chi connectivity index (χ0n) is 10.4. The number of aldehydes is 1. The standard InChI is InChI=1S/C15H13F2NO/c1-2-18(14-6-4-3-5-12(14)16)15-8-7-11(10-19)9-13(15)17/h3-10H,2H2,1H3. The summed E-state index contributed by atoms with van der Waals surface area (Å²) in [6.45, 7) is 2.22. The second-order valence-electron chi connectivity index (χ2n) is 4.02. The fourth-order valence-corrected chi connectivity index (χ4v) is 1.96. The average molecular weight is 261 g/mol. The van der Waals surface area contributed by atoms with Crippen LogP contribution in [0.15, 0.2) is 42.5 Å². The van der Waals surface area contributed by atoms with E-state index in [-0.39, 0.29) is 11.3 Å². The van der Waals surface area contributed by atoms with Gasteiger partial charge in [0.05, 0.1) is 11.4 Å². The molecule has 0 unspecified atom stereocenters. The topological polar surface area (TPSA) is 20.3 Å². The third-order valence-corrected chi connectivity index (χ3v) is 2.86. The largest absolute Gasteiger partial charge is 0.337 e. The molecule has 0 bridgehead atoms.